The van der Waals surface area contributed by atoms with Crippen LogP contribution >= 0.6 is 0 Å². The standard InChI is InChI=1S/C60H119NO5/c1-3-5-7-9-11-13-15-17-18-19-22-25-29-32-36-40-44-48-52-58(63)57(56-62)61-59(64)53-49-45-41-37-33-30-26-23-20-21-24-27-31-35-39-43-47-51-55-66-60(65)54-50-46-42-38-34-28-16-14-12-10-8-6-4-2/h57-58,62-63H,3-56H2,1-2H3,(H,61,64). The van der Waals surface area contributed by atoms with Crippen LogP contribution in [0.1, 0.15) is 348 Å². The molecule has 2 unspecified atom stereocenters. The highest BCUT2D eigenvalue weighted by molar-refractivity contribution is 5.76. The van der Waals surface area contributed by atoms with Crippen LogP contribution in [0, 0.1) is 0 Å². The van der Waals surface area contributed by atoms with E-state index in [1.54, 1.807) is 0 Å². The van der Waals surface area contributed by atoms with Crippen molar-refractivity contribution < 1.29 is 24.5 Å². The third kappa shape index (κ3) is 52.2. The molecule has 0 rings (SSSR count). The summed E-state index contributed by atoms with van der Waals surface area (Å²) in [6, 6.07) is -0.543. The SMILES string of the molecule is CCCCCCCCCCCCCCCCCCCCC(O)C(CO)NC(=O)CCCCCCCCCCCCCCCCCCCCOC(=O)CCCCCCCCCCCCCCC. The molecule has 0 aliphatic carbocycles. The Morgan fingerprint density at radius 3 is 0.924 bits per heavy atom. The summed E-state index contributed by atoms with van der Waals surface area (Å²) in [5, 5.41) is 23.3. The molecule has 0 aromatic heterocycles. The second-order valence-corrected chi connectivity index (χ2v) is 21.1. The summed E-state index contributed by atoms with van der Waals surface area (Å²) in [5.41, 5.74) is 0. The van der Waals surface area contributed by atoms with Crippen molar-refractivity contribution in [1.29, 1.82) is 0 Å². The van der Waals surface area contributed by atoms with Crippen molar-refractivity contribution in [3.8, 4) is 0 Å². The van der Waals surface area contributed by atoms with E-state index in [2.05, 4.69) is 19.2 Å². The summed E-state index contributed by atoms with van der Waals surface area (Å²) >= 11 is 0. The molecular formula is C60H119NO5. The Labute approximate surface area is 413 Å². The number of unbranched alkanes of at least 4 members (excludes halogenated alkanes) is 46. The number of hydrogen-bond donors (Lipinski definition) is 3. The van der Waals surface area contributed by atoms with Gasteiger partial charge >= 0.3 is 5.97 Å². The zero-order valence-corrected chi connectivity index (χ0v) is 45.0. The molecule has 0 bridgehead atoms. The molecule has 394 valence electrons. The van der Waals surface area contributed by atoms with Gasteiger partial charge in [-0.3, -0.25) is 9.59 Å². The van der Waals surface area contributed by atoms with Crippen LogP contribution < -0.4 is 5.32 Å². The zero-order valence-electron chi connectivity index (χ0n) is 45.0. The summed E-state index contributed by atoms with van der Waals surface area (Å²) in [7, 11) is 0. The van der Waals surface area contributed by atoms with E-state index in [9.17, 15) is 19.8 Å². The zero-order chi connectivity index (χ0) is 47.9. The highest BCUT2D eigenvalue weighted by Crippen LogP contribution is 2.18. The van der Waals surface area contributed by atoms with Crippen LogP contribution in [0.4, 0.5) is 0 Å². The van der Waals surface area contributed by atoms with Crippen LogP contribution in [0.15, 0.2) is 0 Å². The predicted molar refractivity (Wildman–Crippen MR) is 287 cm³/mol. The van der Waals surface area contributed by atoms with Crippen LogP contribution in [0.3, 0.4) is 0 Å². The molecule has 3 N–H and O–H groups in total. The maximum atomic E-state index is 12.5. The molecule has 0 radical (unpaired) electrons. The Morgan fingerprint density at radius 2 is 0.621 bits per heavy atom. The van der Waals surface area contributed by atoms with Crippen LogP contribution in [0.25, 0.3) is 0 Å². The average Bonchev–Trinajstić information content (AvgIpc) is 3.32. The summed E-state index contributed by atoms with van der Waals surface area (Å²) in [6.07, 6.45) is 65.3. The van der Waals surface area contributed by atoms with Crippen molar-refractivity contribution in [2.45, 2.75) is 360 Å². The van der Waals surface area contributed by atoms with E-state index in [-0.39, 0.29) is 18.5 Å². The minimum atomic E-state index is -0.666. The fourth-order valence-corrected chi connectivity index (χ4v) is 9.76. The van der Waals surface area contributed by atoms with E-state index in [1.807, 2.05) is 0 Å². The number of aliphatic hydroxyl groups is 2. The number of nitrogens with one attached hydrogen (secondary N) is 1. The summed E-state index contributed by atoms with van der Waals surface area (Å²) < 4.78 is 5.48. The lowest BCUT2D eigenvalue weighted by molar-refractivity contribution is -0.143. The second kappa shape index (κ2) is 56.4. The number of rotatable bonds is 57. The first-order valence-electron chi connectivity index (χ1n) is 30.3. The van der Waals surface area contributed by atoms with Gasteiger partial charge in [0.05, 0.1) is 25.4 Å². The molecule has 0 aromatic carbocycles. The maximum absolute atomic E-state index is 12.5. The van der Waals surface area contributed by atoms with Gasteiger partial charge in [-0.15, -0.1) is 0 Å². The van der Waals surface area contributed by atoms with E-state index < -0.39 is 12.1 Å². The van der Waals surface area contributed by atoms with Crippen molar-refractivity contribution in [3.05, 3.63) is 0 Å². The second-order valence-electron chi connectivity index (χ2n) is 21.1. The Balaban J connectivity index is 3.39. The molecule has 0 saturated carbocycles. The molecule has 2 atom stereocenters. The lowest BCUT2D eigenvalue weighted by Gasteiger charge is -2.22. The Kier molecular flexibility index (Phi) is 55.5. The van der Waals surface area contributed by atoms with Gasteiger partial charge in [0.1, 0.15) is 0 Å². The molecule has 0 heterocycles. The highest BCUT2D eigenvalue weighted by Gasteiger charge is 2.20. The van der Waals surface area contributed by atoms with Gasteiger partial charge in [0, 0.05) is 12.8 Å². The Bertz CT molecular complexity index is 944. The number of carbonyl (C=O) groups is 2. The minimum absolute atomic E-state index is 0.0100. The molecule has 6 nitrogen and oxygen atoms in total. The van der Waals surface area contributed by atoms with E-state index in [0.717, 1.165) is 38.5 Å². The number of esters is 1. The van der Waals surface area contributed by atoms with Crippen LogP contribution in [-0.2, 0) is 14.3 Å². The average molecular weight is 935 g/mol. The highest BCUT2D eigenvalue weighted by atomic mass is 16.5. The summed E-state index contributed by atoms with van der Waals surface area (Å²) in [4.78, 5) is 24.5. The van der Waals surface area contributed by atoms with Gasteiger partial charge in [0.25, 0.3) is 0 Å². The maximum Gasteiger partial charge on any atom is 0.305 e. The molecule has 0 spiro atoms. The monoisotopic (exact) mass is 934 g/mol. The first-order valence-corrected chi connectivity index (χ1v) is 30.3. The van der Waals surface area contributed by atoms with Crippen molar-refractivity contribution in [3.63, 3.8) is 0 Å². The van der Waals surface area contributed by atoms with Gasteiger partial charge in [-0.25, -0.2) is 0 Å². The number of amides is 1. The number of carbonyl (C=O) groups excluding carboxylic acids is 2. The number of hydrogen-bond acceptors (Lipinski definition) is 5. The van der Waals surface area contributed by atoms with Gasteiger partial charge in [-0.05, 0) is 25.7 Å². The van der Waals surface area contributed by atoms with Crippen molar-refractivity contribution in [2.24, 2.45) is 0 Å². The minimum Gasteiger partial charge on any atom is -0.466 e. The molecule has 0 aliphatic rings. The van der Waals surface area contributed by atoms with E-state index in [1.165, 1.54) is 276 Å². The number of ether oxygens (including phenoxy) is 1. The van der Waals surface area contributed by atoms with Gasteiger partial charge in [-0.2, -0.15) is 0 Å². The normalized spacial score (nSPS) is 12.5. The molecule has 1 amide bonds. The fourth-order valence-electron chi connectivity index (χ4n) is 9.76. The van der Waals surface area contributed by atoms with E-state index in [4.69, 9.17) is 4.74 Å². The Morgan fingerprint density at radius 1 is 0.364 bits per heavy atom. The van der Waals surface area contributed by atoms with Crippen LogP contribution in [0.2, 0.25) is 0 Å². The first-order chi connectivity index (χ1) is 32.5. The van der Waals surface area contributed by atoms with Gasteiger partial charge < -0.3 is 20.3 Å². The topological polar surface area (TPSA) is 95.9 Å². The van der Waals surface area contributed by atoms with Crippen molar-refractivity contribution >= 4 is 11.9 Å². The molecule has 0 fully saturated rings. The van der Waals surface area contributed by atoms with Crippen molar-refractivity contribution in [2.75, 3.05) is 13.2 Å². The molecule has 6 heteroatoms. The van der Waals surface area contributed by atoms with E-state index in [0.29, 0.717) is 25.9 Å². The third-order valence-corrected chi connectivity index (χ3v) is 14.4. The van der Waals surface area contributed by atoms with E-state index >= 15 is 0 Å². The summed E-state index contributed by atoms with van der Waals surface area (Å²) in [5.74, 6) is -0.0251. The van der Waals surface area contributed by atoms with Crippen LogP contribution in [0.5, 0.6) is 0 Å². The molecule has 0 aromatic rings. The smallest absolute Gasteiger partial charge is 0.305 e. The molecule has 0 aliphatic heterocycles. The number of aliphatic hydroxyl groups excluding tert-OH is 2. The third-order valence-electron chi connectivity index (χ3n) is 14.4. The molecule has 0 saturated heterocycles. The predicted octanol–water partition coefficient (Wildman–Crippen LogP) is 18.7. The first kappa shape index (κ1) is 64.9. The fraction of sp³-hybridized carbons (Fsp3) is 0.967. The Hall–Kier alpha value is -1.14. The van der Waals surface area contributed by atoms with Gasteiger partial charge in [-0.1, -0.05) is 309 Å². The molecule has 66 heavy (non-hydrogen) atoms. The van der Waals surface area contributed by atoms with Gasteiger partial charge in [0.15, 0.2) is 0 Å². The quantitative estimate of drug-likeness (QED) is 0.0417. The molecular weight excluding hydrogens is 815 g/mol. The van der Waals surface area contributed by atoms with Crippen molar-refractivity contribution in [1.82, 2.24) is 5.32 Å². The van der Waals surface area contributed by atoms with Crippen LogP contribution in [-0.4, -0.2) is 47.4 Å². The largest absolute Gasteiger partial charge is 0.466 e. The lowest BCUT2D eigenvalue weighted by Crippen LogP contribution is -2.45. The lowest BCUT2D eigenvalue weighted by atomic mass is 10.0. The van der Waals surface area contributed by atoms with Gasteiger partial charge in [0.2, 0.25) is 5.91 Å². The summed E-state index contributed by atoms with van der Waals surface area (Å²) in [6.45, 7) is 4.98.